The molecule has 5 heteroatoms. The van der Waals surface area contributed by atoms with Gasteiger partial charge < -0.3 is 4.74 Å². The molecule has 0 spiro atoms. The van der Waals surface area contributed by atoms with Crippen molar-refractivity contribution in [3.63, 3.8) is 0 Å². The molecule has 5 nitrogen and oxygen atoms in total. The number of hydrogen-bond acceptors (Lipinski definition) is 5. The summed E-state index contributed by atoms with van der Waals surface area (Å²) in [5, 5.41) is 0. The van der Waals surface area contributed by atoms with Gasteiger partial charge in [0.1, 0.15) is 5.75 Å². The lowest BCUT2D eigenvalue weighted by molar-refractivity contribution is 0.252. The van der Waals surface area contributed by atoms with Gasteiger partial charge >= 0.3 is 0 Å². The maximum absolute atomic E-state index is 5.19. The number of pyridine rings is 3. The zero-order chi connectivity index (χ0) is 19.1. The molecule has 0 aliphatic heterocycles. The average molecular weight is 362 g/mol. The van der Waals surface area contributed by atoms with Crippen LogP contribution in [0.2, 0.25) is 0 Å². The van der Waals surface area contributed by atoms with Gasteiger partial charge in [-0.15, -0.1) is 0 Å². The lowest BCUT2D eigenvalue weighted by Gasteiger charge is -2.23. The normalized spacial score (nSPS) is 11.0. The SMILES string of the molecule is COc1ccc(CCN(Cc2ncccc2C)Cc2ncccc2C)nc1. The molecular weight excluding hydrogens is 336 g/mol. The Morgan fingerprint density at radius 2 is 1.48 bits per heavy atom. The summed E-state index contributed by atoms with van der Waals surface area (Å²) in [6.07, 6.45) is 6.35. The predicted octanol–water partition coefficient (Wildman–Crippen LogP) is 3.74. The molecule has 3 aromatic heterocycles. The van der Waals surface area contributed by atoms with E-state index in [4.69, 9.17) is 4.74 Å². The quantitative estimate of drug-likeness (QED) is 0.611. The number of aryl methyl sites for hydroxylation is 2. The molecule has 0 aromatic carbocycles. The number of hydrogen-bond donors (Lipinski definition) is 0. The molecule has 0 saturated heterocycles. The van der Waals surface area contributed by atoms with Gasteiger partial charge in [-0.05, 0) is 49.2 Å². The van der Waals surface area contributed by atoms with E-state index in [9.17, 15) is 0 Å². The van der Waals surface area contributed by atoms with Crippen molar-refractivity contribution in [3.05, 3.63) is 83.2 Å². The van der Waals surface area contributed by atoms with Crippen LogP contribution in [0.25, 0.3) is 0 Å². The Bertz CT molecular complexity index is 817. The molecule has 0 bridgehead atoms. The van der Waals surface area contributed by atoms with Crippen molar-refractivity contribution in [2.24, 2.45) is 0 Å². The zero-order valence-corrected chi connectivity index (χ0v) is 16.2. The highest BCUT2D eigenvalue weighted by molar-refractivity contribution is 5.21. The predicted molar refractivity (Wildman–Crippen MR) is 107 cm³/mol. The molecule has 3 rings (SSSR count). The number of methoxy groups -OCH3 is 1. The van der Waals surface area contributed by atoms with Gasteiger partial charge in [-0.25, -0.2) is 0 Å². The van der Waals surface area contributed by atoms with Gasteiger partial charge in [0.2, 0.25) is 0 Å². The molecule has 0 fully saturated rings. The minimum absolute atomic E-state index is 0.781. The summed E-state index contributed by atoms with van der Waals surface area (Å²) in [5.74, 6) is 0.781. The molecule has 27 heavy (non-hydrogen) atoms. The molecule has 0 radical (unpaired) electrons. The molecule has 3 aromatic rings. The Morgan fingerprint density at radius 3 is 1.96 bits per heavy atom. The van der Waals surface area contributed by atoms with Crippen molar-refractivity contribution in [3.8, 4) is 5.75 Å². The van der Waals surface area contributed by atoms with Crippen molar-refractivity contribution >= 4 is 0 Å². The van der Waals surface area contributed by atoms with E-state index in [1.165, 1.54) is 11.1 Å². The largest absolute Gasteiger partial charge is 0.495 e. The van der Waals surface area contributed by atoms with E-state index in [1.54, 1.807) is 13.3 Å². The van der Waals surface area contributed by atoms with E-state index in [0.29, 0.717) is 0 Å². The van der Waals surface area contributed by atoms with Crippen LogP contribution in [0.3, 0.4) is 0 Å². The van der Waals surface area contributed by atoms with E-state index in [0.717, 1.165) is 48.9 Å². The van der Waals surface area contributed by atoms with Gasteiger partial charge in [0.15, 0.2) is 0 Å². The molecule has 140 valence electrons. The summed E-state index contributed by atoms with van der Waals surface area (Å²) in [7, 11) is 1.66. The van der Waals surface area contributed by atoms with Gasteiger partial charge in [-0.1, -0.05) is 12.1 Å². The van der Waals surface area contributed by atoms with Crippen LogP contribution in [0, 0.1) is 13.8 Å². The molecule has 0 amide bonds. The van der Waals surface area contributed by atoms with Crippen LogP contribution >= 0.6 is 0 Å². The second kappa shape index (κ2) is 9.24. The maximum atomic E-state index is 5.19. The van der Waals surface area contributed by atoms with Crippen LogP contribution in [0.5, 0.6) is 5.75 Å². The van der Waals surface area contributed by atoms with E-state index in [-0.39, 0.29) is 0 Å². The third-order valence-electron chi connectivity index (χ3n) is 4.70. The molecule has 0 saturated carbocycles. The van der Waals surface area contributed by atoms with Crippen molar-refractivity contribution < 1.29 is 4.74 Å². The Kier molecular flexibility index (Phi) is 6.49. The molecule has 0 N–H and O–H groups in total. The van der Waals surface area contributed by atoms with Crippen LogP contribution in [0.1, 0.15) is 28.2 Å². The van der Waals surface area contributed by atoms with E-state index in [2.05, 4.69) is 45.8 Å². The van der Waals surface area contributed by atoms with Crippen molar-refractivity contribution in [2.75, 3.05) is 13.7 Å². The first-order chi connectivity index (χ1) is 13.2. The van der Waals surface area contributed by atoms with Crippen LogP contribution in [-0.4, -0.2) is 33.5 Å². The Balaban J connectivity index is 1.74. The molecule has 0 aliphatic rings. The number of nitrogens with zero attached hydrogens (tertiary/aromatic N) is 4. The van der Waals surface area contributed by atoms with E-state index < -0.39 is 0 Å². The fraction of sp³-hybridized carbons (Fsp3) is 0.318. The van der Waals surface area contributed by atoms with Gasteiger partial charge in [0.05, 0.1) is 24.7 Å². The smallest absolute Gasteiger partial charge is 0.137 e. The first-order valence-corrected chi connectivity index (χ1v) is 9.18. The molecule has 0 atom stereocenters. The summed E-state index contributed by atoms with van der Waals surface area (Å²) in [6.45, 7) is 6.68. The number of rotatable bonds is 8. The Hall–Kier alpha value is -2.79. The van der Waals surface area contributed by atoms with Gasteiger partial charge in [-0.2, -0.15) is 0 Å². The summed E-state index contributed by atoms with van der Waals surface area (Å²) in [4.78, 5) is 16.0. The monoisotopic (exact) mass is 362 g/mol. The van der Waals surface area contributed by atoms with E-state index >= 15 is 0 Å². The molecule has 3 heterocycles. The summed E-state index contributed by atoms with van der Waals surface area (Å²) < 4.78 is 5.19. The zero-order valence-electron chi connectivity index (χ0n) is 16.2. The minimum Gasteiger partial charge on any atom is -0.495 e. The average Bonchev–Trinajstić information content (AvgIpc) is 2.70. The van der Waals surface area contributed by atoms with Crippen LogP contribution in [0.15, 0.2) is 55.0 Å². The standard InChI is InChI=1S/C22H26N4O/c1-17-6-4-11-23-21(17)15-26(16-22-18(2)7-5-12-24-22)13-10-19-8-9-20(27-3)14-25-19/h4-9,11-12,14H,10,13,15-16H2,1-3H3. The van der Waals surface area contributed by atoms with Crippen molar-refractivity contribution in [1.82, 2.24) is 19.9 Å². The number of aromatic nitrogens is 3. The topological polar surface area (TPSA) is 51.1 Å². The summed E-state index contributed by atoms with van der Waals surface area (Å²) in [5.41, 5.74) is 5.68. The maximum Gasteiger partial charge on any atom is 0.137 e. The second-order valence-corrected chi connectivity index (χ2v) is 6.68. The third-order valence-corrected chi connectivity index (χ3v) is 4.70. The first-order valence-electron chi connectivity index (χ1n) is 9.18. The van der Waals surface area contributed by atoms with Gasteiger partial charge in [0, 0.05) is 44.1 Å². The van der Waals surface area contributed by atoms with Crippen molar-refractivity contribution in [2.45, 2.75) is 33.4 Å². The Morgan fingerprint density at radius 1 is 0.852 bits per heavy atom. The minimum atomic E-state index is 0.781. The summed E-state index contributed by atoms with van der Waals surface area (Å²) >= 11 is 0. The fourth-order valence-corrected chi connectivity index (χ4v) is 2.96. The van der Waals surface area contributed by atoms with Gasteiger partial charge in [0.25, 0.3) is 0 Å². The van der Waals surface area contributed by atoms with Crippen LogP contribution < -0.4 is 4.74 Å². The Labute approximate surface area is 161 Å². The van der Waals surface area contributed by atoms with E-state index in [1.807, 2.05) is 36.7 Å². The summed E-state index contributed by atoms with van der Waals surface area (Å²) in [6, 6.07) is 12.2. The highest BCUT2D eigenvalue weighted by Crippen LogP contribution is 2.14. The fourth-order valence-electron chi connectivity index (χ4n) is 2.96. The first kappa shape index (κ1) is 19.0. The van der Waals surface area contributed by atoms with Gasteiger partial charge in [-0.3, -0.25) is 19.9 Å². The molecular formula is C22H26N4O. The third kappa shape index (κ3) is 5.34. The molecule has 0 unspecified atom stereocenters. The van der Waals surface area contributed by atoms with Crippen molar-refractivity contribution in [1.29, 1.82) is 0 Å². The second-order valence-electron chi connectivity index (χ2n) is 6.68. The highest BCUT2D eigenvalue weighted by atomic mass is 16.5. The number of ether oxygens (including phenoxy) is 1. The highest BCUT2D eigenvalue weighted by Gasteiger charge is 2.12. The lowest BCUT2D eigenvalue weighted by Crippen LogP contribution is -2.27. The molecule has 0 aliphatic carbocycles. The lowest BCUT2D eigenvalue weighted by atomic mass is 10.1. The van der Waals surface area contributed by atoms with Crippen LogP contribution in [0.4, 0.5) is 0 Å². The van der Waals surface area contributed by atoms with Crippen LogP contribution in [-0.2, 0) is 19.5 Å².